The number of rotatable bonds is 4. The van der Waals surface area contributed by atoms with Gasteiger partial charge in [0.1, 0.15) is 10.5 Å². The van der Waals surface area contributed by atoms with E-state index in [1.807, 2.05) is 60.7 Å². The lowest BCUT2D eigenvalue weighted by atomic mass is 10.1. The highest BCUT2D eigenvalue weighted by molar-refractivity contribution is 8.00. The molecule has 2 atom stereocenters. The van der Waals surface area contributed by atoms with Crippen molar-refractivity contribution in [3.8, 4) is 12.1 Å². The van der Waals surface area contributed by atoms with Crippen molar-refractivity contribution in [2.24, 2.45) is 0 Å². The van der Waals surface area contributed by atoms with Gasteiger partial charge in [-0.2, -0.15) is 10.5 Å². The SMILES string of the molecule is N#CC(SC(C#N)c1ccccc1)c1ccccc1. The Kier molecular flexibility index (Phi) is 4.61. The number of nitriles is 2. The normalized spacial score (nSPS) is 12.9. The molecule has 0 aliphatic heterocycles. The van der Waals surface area contributed by atoms with Crippen LogP contribution in [-0.4, -0.2) is 0 Å². The van der Waals surface area contributed by atoms with Crippen LogP contribution >= 0.6 is 11.8 Å². The first-order valence-corrected chi connectivity index (χ1v) is 6.84. The summed E-state index contributed by atoms with van der Waals surface area (Å²) in [7, 11) is 0. The summed E-state index contributed by atoms with van der Waals surface area (Å²) in [5.74, 6) is 0. The molecule has 2 rings (SSSR count). The molecular formula is C16H12N2S. The van der Waals surface area contributed by atoms with Gasteiger partial charge in [-0.15, -0.1) is 11.8 Å². The third-order valence-corrected chi connectivity index (χ3v) is 4.01. The molecule has 0 amide bonds. The Morgan fingerprint density at radius 3 is 1.37 bits per heavy atom. The van der Waals surface area contributed by atoms with Crippen LogP contribution in [-0.2, 0) is 0 Å². The third kappa shape index (κ3) is 3.37. The molecule has 2 aromatic carbocycles. The topological polar surface area (TPSA) is 47.6 Å². The maximum Gasteiger partial charge on any atom is 0.118 e. The fourth-order valence-corrected chi connectivity index (χ4v) is 2.78. The molecule has 0 aliphatic carbocycles. The van der Waals surface area contributed by atoms with E-state index < -0.39 is 0 Å². The lowest BCUT2D eigenvalue weighted by Crippen LogP contribution is -1.96. The van der Waals surface area contributed by atoms with Gasteiger partial charge >= 0.3 is 0 Å². The fourth-order valence-electron chi connectivity index (χ4n) is 1.76. The van der Waals surface area contributed by atoms with E-state index in [4.69, 9.17) is 0 Å². The van der Waals surface area contributed by atoms with Gasteiger partial charge in [0.2, 0.25) is 0 Å². The van der Waals surface area contributed by atoms with E-state index in [0.29, 0.717) is 0 Å². The van der Waals surface area contributed by atoms with Crippen LogP contribution in [0.1, 0.15) is 21.6 Å². The van der Waals surface area contributed by atoms with Crippen LogP contribution in [0.5, 0.6) is 0 Å². The Morgan fingerprint density at radius 2 is 1.05 bits per heavy atom. The van der Waals surface area contributed by atoms with Crippen molar-refractivity contribution < 1.29 is 0 Å². The van der Waals surface area contributed by atoms with E-state index in [9.17, 15) is 10.5 Å². The number of hydrogen-bond acceptors (Lipinski definition) is 3. The van der Waals surface area contributed by atoms with Crippen molar-refractivity contribution in [3.05, 3.63) is 71.8 Å². The molecule has 2 unspecified atom stereocenters. The molecule has 0 fully saturated rings. The van der Waals surface area contributed by atoms with Crippen LogP contribution in [0.3, 0.4) is 0 Å². The second kappa shape index (κ2) is 6.64. The summed E-state index contributed by atoms with van der Waals surface area (Å²) in [6.07, 6.45) is 0. The first-order chi connectivity index (χ1) is 9.35. The Labute approximate surface area is 117 Å². The van der Waals surface area contributed by atoms with Crippen molar-refractivity contribution >= 4 is 11.8 Å². The van der Waals surface area contributed by atoms with Crippen LogP contribution < -0.4 is 0 Å². The Hall–Kier alpha value is -2.23. The lowest BCUT2D eigenvalue weighted by Gasteiger charge is -2.13. The summed E-state index contributed by atoms with van der Waals surface area (Å²) in [5.41, 5.74) is 1.87. The molecule has 0 aromatic heterocycles. The van der Waals surface area contributed by atoms with E-state index in [0.717, 1.165) is 11.1 Å². The highest BCUT2D eigenvalue weighted by atomic mass is 32.2. The van der Waals surface area contributed by atoms with E-state index in [2.05, 4.69) is 12.1 Å². The Bertz CT molecular complexity index is 541. The maximum atomic E-state index is 9.29. The third-order valence-electron chi connectivity index (χ3n) is 2.71. The highest BCUT2D eigenvalue weighted by Crippen LogP contribution is 2.39. The molecule has 19 heavy (non-hydrogen) atoms. The lowest BCUT2D eigenvalue weighted by molar-refractivity contribution is 1.17. The van der Waals surface area contributed by atoms with Gasteiger partial charge in [-0.3, -0.25) is 0 Å². The van der Waals surface area contributed by atoms with Crippen molar-refractivity contribution in [2.45, 2.75) is 10.5 Å². The average Bonchev–Trinajstić information content (AvgIpc) is 2.50. The summed E-state index contributed by atoms with van der Waals surface area (Å²) in [5, 5.41) is 17.9. The minimum Gasteiger partial charge on any atom is -0.197 e. The second-order valence-corrected chi connectivity index (χ2v) is 5.19. The van der Waals surface area contributed by atoms with Gasteiger partial charge in [0.15, 0.2) is 0 Å². The molecule has 0 N–H and O–H groups in total. The Morgan fingerprint density at radius 1 is 0.684 bits per heavy atom. The summed E-state index contributed by atoms with van der Waals surface area (Å²) in [4.78, 5) is 0. The molecule has 0 saturated carbocycles. The smallest absolute Gasteiger partial charge is 0.118 e. The largest absolute Gasteiger partial charge is 0.197 e. The first-order valence-electron chi connectivity index (χ1n) is 5.89. The van der Waals surface area contributed by atoms with Crippen molar-refractivity contribution in [1.82, 2.24) is 0 Å². The number of nitrogens with zero attached hydrogens (tertiary/aromatic N) is 2. The molecule has 0 radical (unpaired) electrons. The number of benzene rings is 2. The molecule has 0 saturated heterocycles. The van der Waals surface area contributed by atoms with Crippen molar-refractivity contribution in [1.29, 1.82) is 10.5 Å². The fraction of sp³-hybridized carbons (Fsp3) is 0.125. The molecule has 0 spiro atoms. The second-order valence-electron chi connectivity index (χ2n) is 3.98. The zero-order valence-electron chi connectivity index (χ0n) is 10.2. The van der Waals surface area contributed by atoms with Gasteiger partial charge in [0, 0.05) is 0 Å². The van der Waals surface area contributed by atoms with Crippen LogP contribution in [0.25, 0.3) is 0 Å². The van der Waals surface area contributed by atoms with Crippen LogP contribution in [0.15, 0.2) is 60.7 Å². The minimum absolute atomic E-state index is 0.328. The van der Waals surface area contributed by atoms with E-state index in [1.54, 1.807) is 0 Å². The van der Waals surface area contributed by atoms with Gasteiger partial charge in [0.25, 0.3) is 0 Å². The summed E-state index contributed by atoms with van der Waals surface area (Å²) in [6, 6.07) is 23.7. The summed E-state index contributed by atoms with van der Waals surface area (Å²) < 4.78 is 0. The van der Waals surface area contributed by atoms with Gasteiger partial charge in [-0.25, -0.2) is 0 Å². The number of hydrogen-bond donors (Lipinski definition) is 0. The van der Waals surface area contributed by atoms with Crippen LogP contribution in [0, 0.1) is 22.7 Å². The quantitative estimate of drug-likeness (QED) is 0.829. The molecular weight excluding hydrogens is 252 g/mol. The van der Waals surface area contributed by atoms with E-state index >= 15 is 0 Å². The molecule has 2 aromatic rings. The Balaban J connectivity index is 2.19. The predicted octanol–water partition coefficient (Wildman–Crippen LogP) is 4.25. The molecule has 3 heteroatoms. The molecule has 0 bridgehead atoms. The molecule has 0 aliphatic rings. The van der Waals surface area contributed by atoms with Crippen LogP contribution in [0.4, 0.5) is 0 Å². The average molecular weight is 264 g/mol. The highest BCUT2D eigenvalue weighted by Gasteiger charge is 2.19. The van der Waals surface area contributed by atoms with Gasteiger partial charge in [0.05, 0.1) is 12.1 Å². The molecule has 92 valence electrons. The van der Waals surface area contributed by atoms with Crippen molar-refractivity contribution in [2.75, 3.05) is 0 Å². The predicted molar refractivity (Wildman–Crippen MR) is 77.2 cm³/mol. The van der Waals surface area contributed by atoms with Crippen LogP contribution in [0.2, 0.25) is 0 Å². The minimum atomic E-state index is -0.328. The summed E-state index contributed by atoms with van der Waals surface area (Å²) >= 11 is 1.37. The first kappa shape index (κ1) is 13.2. The van der Waals surface area contributed by atoms with E-state index in [-0.39, 0.29) is 10.5 Å². The maximum absolute atomic E-state index is 9.29. The van der Waals surface area contributed by atoms with Gasteiger partial charge < -0.3 is 0 Å². The molecule has 2 nitrogen and oxygen atoms in total. The zero-order chi connectivity index (χ0) is 13.5. The van der Waals surface area contributed by atoms with E-state index in [1.165, 1.54) is 11.8 Å². The monoisotopic (exact) mass is 264 g/mol. The van der Waals surface area contributed by atoms with Crippen molar-refractivity contribution in [3.63, 3.8) is 0 Å². The number of thioether (sulfide) groups is 1. The zero-order valence-corrected chi connectivity index (χ0v) is 11.0. The van der Waals surface area contributed by atoms with Gasteiger partial charge in [-0.1, -0.05) is 60.7 Å². The molecule has 0 heterocycles. The van der Waals surface area contributed by atoms with Gasteiger partial charge in [-0.05, 0) is 11.1 Å². The summed E-state index contributed by atoms with van der Waals surface area (Å²) in [6.45, 7) is 0. The standard InChI is InChI=1S/C16H12N2S/c17-11-15(13-7-3-1-4-8-13)19-16(12-18)14-9-5-2-6-10-14/h1-10,15-16H.